The van der Waals surface area contributed by atoms with E-state index in [1.807, 2.05) is 36.4 Å². The number of hydrogen-bond donors (Lipinski definition) is 1. The monoisotopic (exact) mass is 315 g/mol. The van der Waals surface area contributed by atoms with Crippen molar-refractivity contribution in [3.05, 3.63) is 72.0 Å². The molecule has 0 fully saturated rings. The fraction of sp³-hybridized carbons (Fsp3) is 0.100. The van der Waals surface area contributed by atoms with Gasteiger partial charge in [0.25, 0.3) is 0 Å². The van der Waals surface area contributed by atoms with Gasteiger partial charge in [0.2, 0.25) is 0 Å². The van der Waals surface area contributed by atoms with Gasteiger partial charge in [-0.2, -0.15) is 0 Å². The number of anilines is 2. The minimum atomic E-state index is 0.575. The Labute approximate surface area is 140 Å². The number of nitrogens with zero attached hydrogens (tertiary/aromatic N) is 2. The SMILES string of the molecule is Cc1ccc(Nc2nc(-c3ccco3)nc3ccccc23)c(C)c1. The Morgan fingerprint density at radius 1 is 0.917 bits per heavy atom. The van der Waals surface area contributed by atoms with Crippen LogP contribution in [-0.2, 0) is 0 Å². The molecule has 0 aliphatic carbocycles. The number of aromatic nitrogens is 2. The molecular weight excluding hydrogens is 298 g/mol. The minimum Gasteiger partial charge on any atom is -0.461 e. The molecule has 0 spiro atoms. The number of aryl methyl sites for hydroxylation is 2. The third kappa shape index (κ3) is 2.63. The standard InChI is InChI=1S/C20H17N3O/c1-13-9-10-16(14(2)12-13)21-19-15-6-3-4-7-17(15)22-20(23-19)18-8-5-11-24-18/h3-12H,1-2H3,(H,21,22,23). The molecule has 0 bridgehead atoms. The van der Waals surface area contributed by atoms with E-state index in [4.69, 9.17) is 4.42 Å². The zero-order chi connectivity index (χ0) is 16.5. The summed E-state index contributed by atoms with van der Waals surface area (Å²) in [6, 6.07) is 18.0. The van der Waals surface area contributed by atoms with Crippen molar-refractivity contribution in [2.24, 2.45) is 0 Å². The van der Waals surface area contributed by atoms with E-state index < -0.39 is 0 Å². The van der Waals surface area contributed by atoms with Crippen molar-refractivity contribution in [1.82, 2.24) is 9.97 Å². The maximum Gasteiger partial charge on any atom is 0.198 e. The van der Waals surface area contributed by atoms with Crippen LogP contribution in [0.3, 0.4) is 0 Å². The van der Waals surface area contributed by atoms with Crippen molar-refractivity contribution in [2.45, 2.75) is 13.8 Å². The van der Waals surface area contributed by atoms with E-state index in [0.717, 1.165) is 22.4 Å². The van der Waals surface area contributed by atoms with Crippen LogP contribution in [0, 0.1) is 13.8 Å². The molecule has 4 heteroatoms. The first-order valence-electron chi connectivity index (χ1n) is 7.85. The van der Waals surface area contributed by atoms with Gasteiger partial charge in [-0.05, 0) is 49.7 Å². The van der Waals surface area contributed by atoms with Gasteiger partial charge in [-0.15, -0.1) is 0 Å². The van der Waals surface area contributed by atoms with Crippen molar-refractivity contribution in [1.29, 1.82) is 0 Å². The lowest BCUT2D eigenvalue weighted by Crippen LogP contribution is -2.00. The van der Waals surface area contributed by atoms with Gasteiger partial charge in [0.1, 0.15) is 5.82 Å². The molecule has 24 heavy (non-hydrogen) atoms. The zero-order valence-corrected chi connectivity index (χ0v) is 13.6. The van der Waals surface area contributed by atoms with Crippen LogP contribution in [0.5, 0.6) is 0 Å². The molecule has 4 aromatic rings. The number of fused-ring (bicyclic) bond motifs is 1. The summed E-state index contributed by atoms with van der Waals surface area (Å²) in [7, 11) is 0. The van der Waals surface area contributed by atoms with E-state index in [0.29, 0.717) is 11.6 Å². The van der Waals surface area contributed by atoms with E-state index in [1.54, 1.807) is 6.26 Å². The normalized spacial score (nSPS) is 10.9. The second-order valence-electron chi connectivity index (χ2n) is 5.83. The summed E-state index contributed by atoms with van der Waals surface area (Å²) in [6.45, 7) is 4.18. The smallest absolute Gasteiger partial charge is 0.198 e. The molecule has 2 aromatic carbocycles. The van der Waals surface area contributed by atoms with Gasteiger partial charge >= 0.3 is 0 Å². The number of rotatable bonds is 3. The first kappa shape index (κ1) is 14.5. The molecule has 118 valence electrons. The lowest BCUT2D eigenvalue weighted by Gasteiger charge is -2.12. The van der Waals surface area contributed by atoms with E-state index in [2.05, 4.69) is 47.3 Å². The van der Waals surface area contributed by atoms with E-state index in [9.17, 15) is 0 Å². The van der Waals surface area contributed by atoms with Crippen LogP contribution in [-0.4, -0.2) is 9.97 Å². The molecule has 4 nitrogen and oxygen atoms in total. The van der Waals surface area contributed by atoms with Crippen LogP contribution in [0.15, 0.2) is 65.3 Å². The molecule has 4 rings (SSSR count). The summed E-state index contributed by atoms with van der Waals surface area (Å²) in [5.74, 6) is 2.01. The molecule has 2 aromatic heterocycles. The minimum absolute atomic E-state index is 0.575. The fourth-order valence-corrected chi connectivity index (χ4v) is 2.77. The molecule has 0 unspecified atom stereocenters. The molecule has 0 aliphatic heterocycles. The maximum atomic E-state index is 5.46. The van der Waals surface area contributed by atoms with Crippen molar-refractivity contribution in [2.75, 3.05) is 5.32 Å². The van der Waals surface area contributed by atoms with E-state index in [1.165, 1.54) is 11.1 Å². The first-order valence-corrected chi connectivity index (χ1v) is 7.85. The second kappa shape index (κ2) is 5.81. The molecular formula is C20H17N3O. The van der Waals surface area contributed by atoms with Gasteiger partial charge in [0.15, 0.2) is 11.6 Å². The number of benzene rings is 2. The van der Waals surface area contributed by atoms with Crippen LogP contribution in [0.2, 0.25) is 0 Å². The molecule has 0 saturated heterocycles. The Kier molecular flexibility index (Phi) is 3.50. The Bertz CT molecular complexity index is 1010. The van der Waals surface area contributed by atoms with Crippen LogP contribution < -0.4 is 5.32 Å². The lowest BCUT2D eigenvalue weighted by atomic mass is 10.1. The Morgan fingerprint density at radius 3 is 2.58 bits per heavy atom. The van der Waals surface area contributed by atoms with Crippen molar-refractivity contribution in [3.63, 3.8) is 0 Å². The number of hydrogen-bond acceptors (Lipinski definition) is 4. The van der Waals surface area contributed by atoms with Crippen LogP contribution in [0.1, 0.15) is 11.1 Å². The molecule has 1 N–H and O–H groups in total. The van der Waals surface area contributed by atoms with Crippen LogP contribution in [0.25, 0.3) is 22.5 Å². The van der Waals surface area contributed by atoms with Gasteiger partial charge < -0.3 is 9.73 Å². The number of para-hydroxylation sites is 1. The summed E-state index contributed by atoms with van der Waals surface area (Å²) in [6.07, 6.45) is 1.63. The molecule has 0 atom stereocenters. The highest BCUT2D eigenvalue weighted by molar-refractivity contribution is 5.92. The van der Waals surface area contributed by atoms with Crippen molar-refractivity contribution < 1.29 is 4.42 Å². The summed E-state index contributed by atoms with van der Waals surface area (Å²) in [5.41, 5.74) is 4.33. The van der Waals surface area contributed by atoms with Crippen LogP contribution in [0.4, 0.5) is 11.5 Å². The molecule has 2 heterocycles. The fourth-order valence-electron chi connectivity index (χ4n) is 2.77. The first-order chi connectivity index (χ1) is 11.7. The summed E-state index contributed by atoms with van der Waals surface area (Å²) >= 11 is 0. The third-order valence-electron chi connectivity index (χ3n) is 3.98. The highest BCUT2D eigenvalue weighted by atomic mass is 16.3. The molecule has 0 aliphatic rings. The predicted molar refractivity (Wildman–Crippen MR) is 96.4 cm³/mol. The summed E-state index contributed by atoms with van der Waals surface area (Å²) < 4.78 is 5.46. The van der Waals surface area contributed by atoms with Gasteiger partial charge in [-0.1, -0.05) is 29.8 Å². The quantitative estimate of drug-likeness (QED) is 0.561. The highest BCUT2D eigenvalue weighted by Crippen LogP contribution is 2.28. The molecule has 0 amide bonds. The van der Waals surface area contributed by atoms with Gasteiger partial charge in [-0.3, -0.25) is 0 Å². The van der Waals surface area contributed by atoms with Crippen molar-refractivity contribution >= 4 is 22.4 Å². The largest absolute Gasteiger partial charge is 0.461 e. The third-order valence-corrected chi connectivity index (χ3v) is 3.98. The lowest BCUT2D eigenvalue weighted by molar-refractivity contribution is 0.577. The maximum absolute atomic E-state index is 5.46. The highest BCUT2D eigenvalue weighted by Gasteiger charge is 2.12. The molecule has 0 saturated carbocycles. The Hall–Kier alpha value is -3.14. The zero-order valence-electron chi connectivity index (χ0n) is 13.6. The van der Waals surface area contributed by atoms with Gasteiger partial charge in [0.05, 0.1) is 11.8 Å². The predicted octanol–water partition coefficient (Wildman–Crippen LogP) is 5.25. The van der Waals surface area contributed by atoms with Crippen LogP contribution >= 0.6 is 0 Å². The number of furan rings is 1. The Balaban J connectivity index is 1.86. The second-order valence-corrected chi connectivity index (χ2v) is 5.83. The van der Waals surface area contributed by atoms with Crippen molar-refractivity contribution in [3.8, 4) is 11.6 Å². The number of nitrogens with one attached hydrogen (secondary N) is 1. The molecule has 0 radical (unpaired) electrons. The Morgan fingerprint density at radius 2 is 1.79 bits per heavy atom. The van der Waals surface area contributed by atoms with E-state index in [-0.39, 0.29) is 0 Å². The average molecular weight is 315 g/mol. The van der Waals surface area contributed by atoms with Gasteiger partial charge in [-0.25, -0.2) is 9.97 Å². The average Bonchev–Trinajstić information content (AvgIpc) is 3.12. The van der Waals surface area contributed by atoms with E-state index >= 15 is 0 Å². The topological polar surface area (TPSA) is 51.0 Å². The summed E-state index contributed by atoms with van der Waals surface area (Å²) in [4.78, 5) is 9.30. The summed E-state index contributed by atoms with van der Waals surface area (Å²) in [5, 5.41) is 4.43. The van der Waals surface area contributed by atoms with Gasteiger partial charge in [0, 0.05) is 11.1 Å².